The van der Waals surface area contributed by atoms with E-state index in [4.69, 9.17) is 0 Å². The third kappa shape index (κ3) is 4.17. The number of pyridine rings is 1. The highest BCUT2D eigenvalue weighted by Gasteiger charge is 2.43. The van der Waals surface area contributed by atoms with Crippen LogP contribution in [-0.4, -0.2) is 56.5 Å². The Labute approximate surface area is 190 Å². The lowest BCUT2D eigenvalue weighted by Crippen LogP contribution is -2.64. The topological polar surface area (TPSA) is 82.8 Å². The van der Waals surface area contributed by atoms with Crippen molar-refractivity contribution in [2.75, 3.05) is 13.1 Å². The normalized spacial score (nSPS) is 20.7. The van der Waals surface area contributed by atoms with Crippen molar-refractivity contribution >= 4 is 11.7 Å². The first kappa shape index (κ1) is 23.1. The first-order valence-electron chi connectivity index (χ1n) is 11.1. The maximum Gasteiger partial charge on any atom is 0.275 e. The number of carbonyl (C=O) groups excluding carboxylic acids is 2. The Hall–Kier alpha value is -3.07. The fourth-order valence-corrected chi connectivity index (χ4v) is 4.79. The molecule has 9 heteroatoms. The van der Waals surface area contributed by atoms with Gasteiger partial charge < -0.3 is 14.6 Å². The Bertz CT molecular complexity index is 1180. The van der Waals surface area contributed by atoms with E-state index in [1.54, 1.807) is 4.90 Å². The summed E-state index contributed by atoms with van der Waals surface area (Å²) >= 11 is 0. The maximum atomic E-state index is 13.9. The van der Waals surface area contributed by atoms with Crippen LogP contribution in [0.4, 0.5) is 8.78 Å². The first-order chi connectivity index (χ1) is 15.6. The lowest BCUT2D eigenvalue weighted by Gasteiger charge is -2.50. The molecule has 0 spiro atoms. The summed E-state index contributed by atoms with van der Waals surface area (Å²) in [5.41, 5.74) is -1.12. The molecule has 1 saturated heterocycles. The molecule has 4 rings (SSSR count). The van der Waals surface area contributed by atoms with Crippen molar-refractivity contribution in [3.8, 4) is 5.75 Å². The van der Waals surface area contributed by atoms with Crippen LogP contribution in [0, 0.1) is 17.6 Å². The molecule has 1 fully saturated rings. The van der Waals surface area contributed by atoms with E-state index in [2.05, 4.69) is 4.90 Å². The molecule has 176 valence electrons. The van der Waals surface area contributed by atoms with E-state index >= 15 is 0 Å². The fraction of sp³-hybridized carbons (Fsp3) is 0.458. The average Bonchev–Trinajstić information content (AvgIpc) is 2.75. The number of Topliss-reactive ketones (excluding diaryl/α,β-unsaturated/α-hetero) is 1. The number of amides is 1. The molecule has 1 amide bonds. The van der Waals surface area contributed by atoms with Crippen molar-refractivity contribution in [2.45, 2.75) is 52.4 Å². The molecule has 3 heterocycles. The number of carbonyl (C=O) groups is 2. The van der Waals surface area contributed by atoms with E-state index in [9.17, 15) is 28.3 Å². The van der Waals surface area contributed by atoms with E-state index in [1.165, 1.54) is 16.8 Å². The second-order valence-electron chi connectivity index (χ2n) is 9.21. The number of aryl methyl sites for hydroxylation is 1. The number of rotatable bonds is 5. The second-order valence-corrected chi connectivity index (χ2v) is 9.21. The third-order valence-corrected chi connectivity index (χ3v) is 6.45. The molecule has 1 aromatic heterocycles. The molecule has 0 bridgehead atoms. The van der Waals surface area contributed by atoms with E-state index in [1.807, 2.05) is 20.8 Å². The van der Waals surface area contributed by atoms with Gasteiger partial charge in [0, 0.05) is 37.8 Å². The lowest BCUT2D eigenvalue weighted by molar-refractivity contribution is -0.0413. The number of halogens is 2. The molecule has 2 atom stereocenters. The standard InChI is InChI=1S/C24H27F2N3O4/c1-13(2)28-9-14(3)10-29-20(28)12-27-11-17(22(31)23(32)21(27)24(29)33)19(30)7-5-15-4-6-16(25)8-18(15)26/h4,6,8,11,13-14,20,32H,5,7,9-10,12H2,1-3H3/t14-,20?/m1/s1. The molecular weight excluding hydrogens is 432 g/mol. The summed E-state index contributed by atoms with van der Waals surface area (Å²) in [5.74, 6) is -3.01. The molecule has 0 radical (unpaired) electrons. The molecule has 1 N–H and O–H groups in total. The van der Waals surface area contributed by atoms with Crippen LogP contribution in [0.3, 0.4) is 0 Å². The van der Waals surface area contributed by atoms with Gasteiger partial charge in [0.05, 0.1) is 12.1 Å². The molecule has 0 saturated carbocycles. The van der Waals surface area contributed by atoms with Crippen LogP contribution < -0.4 is 5.43 Å². The fourth-order valence-electron chi connectivity index (χ4n) is 4.79. The minimum absolute atomic E-state index is 0.0265. The van der Waals surface area contributed by atoms with Gasteiger partial charge in [0.15, 0.2) is 17.2 Å². The number of ketones is 1. The number of hydrogen-bond donors (Lipinski definition) is 1. The largest absolute Gasteiger partial charge is 0.503 e. The van der Waals surface area contributed by atoms with Gasteiger partial charge >= 0.3 is 0 Å². The highest BCUT2D eigenvalue weighted by Crippen LogP contribution is 2.30. The minimum Gasteiger partial charge on any atom is -0.503 e. The van der Waals surface area contributed by atoms with Crippen molar-refractivity contribution in [2.24, 2.45) is 5.92 Å². The first-order valence-corrected chi connectivity index (χ1v) is 11.1. The van der Waals surface area contributed by atoms with Gasteiger partial charge in [-0.15, -0.1) is 0 Å². The predicted octanol–water partition coefficient (Wildman–Crippen LogP) is 2.79. The van der Waals surface area contributed by atoms with Gasteiger partial charge in [-0.3, -0.25) is 19.3 Å². The Kier molecular flexibility index (Phi) is 6.09. The van der Waals surface area contributed by atoms with Gasteiger partial charge in [-0.2, -0.15) is 0 Å². The quantitative estimate of drug-likeness (QED) is 0.696. The molecule has 7 nitrogen and oxygen atoms in total. The van der Waals surface area contributed by atoms with Crippen molar-refractivity contribution < 1.29 is 23.5 Å². The van der Waals surface area contributed by atoms with Crippen LogP contribution in [0.1, 0.15) is 53.6 Å². The Morgan fingerprint density at radius 3 is 2.58 bits per heavy atom. The summed E-state index contributed by atoms with van der Waals surface area (Å²) in [6.07, 6.45) is 0.850. The summed E-state index contributed by atoms with van der Waals surface area (Å²) < 4.78 is 28.5. The summed E-state index contributed by atoms with van der Waals surface area (Å²) in [5, 5.41) is 10.6. The van der Waals surface area contributed by atoms with Crippen LogP contribution in [0.5, 0.6) is 5.75 Å². The maximum absolute atomic E-state index is 13.9. The zero-order valence-corrected chi connectivity index (χ0v) is 18.8. The zero-order chi connectivity index (χ0) is 24.0. The molecule has 33 heavy (non-hydrogen) atoms. The third-order valence-electron chi connectivity index (χ3n) is 6.45. The van der Waals surface area contributed by atoms with E-state index in [-0.39, 0.29) is 47.8 Å². The number of benzene rings is 1. The van der Waals surface area contributed by atoms with E-state index < -0.39 is 34.5 Å². The summed E-state index contributed by atoms with van der Waals surface area (Å²) in [4.78, 5) is 42.7. The van der Waals surface area contributed by atoms with Crippen molar-refractivity contribution in [3.05, 3.63) is 63.1 Å². The van der Waals surface area contributed by atoms with Gasteiger partial charge in [-0.1, -0.05) is 13.0 Å². The molecular formula is C24H27F2N3O4. The van der Waals surface area contributed by atoms with Crippen LogP contribution in [-0.2, 0) is 13.0 Å². The Balaban J connectivity index is 1.65. The van der Waals surface area contributed by atoms with Crippen molar-refractivity contribution in [3.63, 3.8) is 0 Å². The summed E-state index contributed by atoms with van der Waals surface area (Å²) in [7, 11) is 0. The van der Waals surface area contributed by atoms with E-state index in [0.717, 1.165) is 18.7 Å². The molecule has 2 aromatic rings. The average molecular weight is 459 g/mol. The van der Waals surface area contributed by atoms with Gasteiger partial charge in [0.1, 0.15) is 17.8 Å². The van der Waals surface area contributed by atoms with Crippen LogP contribution in [0.2, 0.25) is 0 Å². The molecule has 0 aliphatic carbocycles. The monoisotopic (exact) mass is 459 g/mol. The number of nitrogens with zero attached hydrogens (tertiary/aromatic N) is 3. The summed E-state index contributed by atoms with van der Waals surface area (Å²) in [6, 6.07) is 3.27. The number of fused-ring (bicyclic) bond motifs is 2. The van der Waals surface area contributed by atoms with Crippen LogP contribution in [0.15, 0.2) is 29.2 Å². The van der Waals surface area contributed by atoms with Crippen molar-refractivity contribution in [1.82, 2.24) is 14.4 Å². The number of hydrogen-bond acceptors (Lipinski definition) is 5. The number of aromatic nitrogens is 1. The minimum atomic E-state index is -0.914. The van der Waals surface area contributed by atoms with Crippen LogP contribution in [0.25, 0.3) is 0 Å². The molecule has 2 aliphatic rings. The lowest BCUT2D eigenvalue weighted by atomic mass is 9.99. The molecule has 2 aliphatic heterocycles. The SMILES string of the molecule is CC(C)N1C[C@@H](C)CN2C(=O)c3c(O)c(=O)c(C(=O)CCc4ccc(F)cc4F)cn3CC21. The molecule has 1 aromatic carbocycles. The van der Waals surface area contributed by atoms with Crippen LogP contribution >= 0.6 is 0 Å². The van der Waals surface area contributed by atoms with Gasteiger partial charge in [0.25, 0.3) is 5.91 Å². The van der Waals surface area contributed by atoms with Gasteiger partial charge in [0.2, 0.25) is 5.43 Å². The highest BCUT2D eigenvalue weighted by molar-refractivity contribution is 6.00. The molecule has 1 unspecified atom stereocenters. The zero-order valence-electron chi connectivity index (χ0n) is 18.8. The second kappa shape index (κ2) is 8.70. The van der Waals surface area contributed by atoms with Gasteiger partial charge in [-0.05, 0) is 37.8 Å². The Morgan fingerprint density at radius 1 is 1.18 bits per heavy atom. The smallest absolute Gasteiger partial charge is 0.275 e. The van der Waals surface area contributed by atoms with Gasteiger partial charge in [-0.25, -0.2) is 8.78 Å². The summed E-state index contributed by atoms with van der Waals surface area (Å²) in [6.45, 7) is 7.77. The predicted molar refractivity (Wildman–Crippen MR) is 117 cm³/mol. The van der Waals surface area contributed by atoms with Crippen molar-refractivity contribution in [1.29, 1.82) is 0 Å². The number of aromatic hydroxyl groups is 1. The Morgan fingerprint density at radius 2 is 1.91 bits per heavy atom. The van der Waals surface area contributed by atoms with E-state index in [0.29, 0.717) is 13.1 Å². The highest BCUT2D eigenvalue weighted by atomic mass is 19.1.